The zero-order valence-corrected chi connectivity index (χ0v) is 12.3. The molecule has 1 aromatic rings. The Bertz CT molecular complexity index is 461. The third-order valence-electron chi connectivity index (χ3n) is 3.23. The maximum atomic E-state index is 13.0. The van der Waals surface area contributed by atoms with Gasteiger partial charge in [0.25, 0.3) is 0 Å². The van der Waals surface area contributed by atoms with Crippen molar-refractivity contribution in [3.8, 4) is 0 Å². The van der Waals surface area contributed by atoms with Crippen LogP contribution in [-0.4, -0.2) is 36.2 Å². The highest BCUT2D eigenvalue weighted by molar-refractivity contribution is 7.80. The monoisotopic (exact) mass is 301 g/mol. The molecule has 1 aliphatic rings. The van der Waals surface area contributed by atoms with Crippen LogP contribution in [0.4, 0.5) is 10.1 Å². The van der Waals surface area contributed by atoms with Gasteiger partial charge >= 0.3 is 0 Å². The lowest BCUT2D eigenvalue weighted by atomic mass is 10.1. The molecule has 3 nitrogen and oxygen atoms in total. The van der Waals surface area contributed by atoms with Crippen molar-refractivity contribution in [2.24, 2.45) is 0 Å². The summed E-state index contributed by atoms with van der Waals surface area (Å²) in [6.45, 7) is 2.14. The Morgan fingerprint density at radius 3 is 2.74 bits per heavy atom. The minimum Gasteiger partial charge on any atom is -0.360 e. The molecule has 104 valence electrons. The highest BCUT2D eigenvalue weighted by atomic mass is 35.5. The maximum absolute atomic E-state index is 13.0. The number of nitrogens with zero attached hydrogens (tertiary/aromatic N) is 1. The normalized spacial score (nSPS) is 17.2. The SMILES string of the molecule is CN1CCC(NC(=S)Nc2ccc(F)c(Cl)c2)CC1. The molecule has 0 amide bonds. The lowest BCUT2D eigenvalue weighted by molar-refractivity contribution is 0.247. The summed E-state index contributed by atoms with van der Waals surface area (Å²) in [4.78, 5) is 2.30. The zero-order valence-electron chi connectivity index (χ0n) is 10.7. The van der Waals surface area contributed by atoms with E-state index in [2.05, 4.69) is 22.6 Å². The smallest absolute Gasteiger partial charge is 0.170 e. The molecule has 6 heteroatoms. The quantitative estimate of drug-likeness (QED) is 0.822. The molecule has 1 aromatic carbocycles. The standard InChI is InChI=1S/C13H17ClFN3S/c1-18-6-4-9(5-7-18)16-13(19)17-10-2-3-12(15)11(14)8-10/h2-3,8-9H,4-7H2,1H3,(H2,16,17,19). The van der Waals surface area contributed by atoms with Gasteiger partial charge in [-0.3, -0.25) is 0 Å². The second kappa shape index (κ2) is 6.50. The number of anilines is 1. The number of likely N-dealkylation sites (tertiary alicyclic amines) is 1. The molecule has 1 saturated heterocycles. The molecular weight excluding hydrogens is 285 g/mol. The Labute approximate surface area is 123 Å². The van der Waals surface area contributed by atoms with Gasteiger partial charge in [0.15, 0.2) is 5.11 Å². The molecule has 2 N–H and O–H groups in total. The fourth-order valence-electron chi connectivity index (χ4n) is 2.08. The average molecular weight is 302 g/mol. The van der Waals surface area contributed by atoms with Crippen LogP contribution in [0.2, 0.25) is 5.02 Å². The average Bonchev–Trinajstić information content (AvgIpc) is 2.37. The van der Waals surface area contributed by atoms with E-state index < -0.39 is 5.82 Å². The van der Waals surface area contributed by atoms with Gasteiger partial charge in [-0.15, -0.1) is 0 Å². The van der Waals surface area contributed by atoms with Crippen LogP contribution in [0.5, 0.6) is 0 Å². The summed E-state index contributed by atoms with van der Waals surface area (Å²) in [5.74, 6) is -0.429. The molecule has 0 atom stereocenters. The van der Waals surface area contributed by atoms with Gasteiger partial charge in [0.2, 0.25) is 0 Å². The Balaban J connectivity index is 1.85. The van der Waals surface area contributed by atoms with Gasteiger partial charge in [0.1, 0.15) is 5.82 Å². The summed E-state index contributed by atoms with van der Waals surface area (Å²) in [5, 5.41) is 6.95. The third kappa shape index (κ3) is 4.30. The number of hydrogen-bond donors (Lipinski definition) is 2. The minimum atomic E-state index is -0.429. The minimum absolute atomic E-state index is 0.0899. The van der Waals surface area contributed by atoms with E-state index in [4.69, 9.17) is 23.8 Å². The van der Waals surface area contributed by atoms with Gasteiger partial charge in [-0.25, -0.2) is 4.39 Å². The number of hydrogen-bond acceptors (Lipinski definition) is 2. The van der Waals surface area contributed by atoms with Crippen molar-refractivity contribution in [3.63, 3.8) is 0 Å². The zero-order chi connectivity index (χ0) is 13.8. The van der Waals surface area contributed by atoms with Crippen LogP contribution in [0.25, 0.3) is 0 Å². The molecule has 19 heavy (non-hydrogen) atoms. The summed E-state index contributed by atoms with van der Waals surface area (Å²) in [6, 6.07) is 4.86. The fraction of sp³-hybridized carbons (Fsp3) is 0.462. The molecule has 0 aromatic heterocycles. The molecule has 0 saturated carbocycles. The third-order valence-corrected chi connectivity index (χ3v) is 3.74. The molecule has 0 aliphatic carbocycles. The van der Waals surface area contributed by atoms with Crippen molar-refractivity contribution >= 4 is 34.6 Å². The number of rotatable bonds is 2. The van der Waals surface area contributed by atoms with E-state index >= 15 is 0 Å². The van der Waals surface area contributed by atoms with Crippen LogP contribution < -0.4 is 10.6 Å². The summed E-state index contributed by atoms with van der Waals surface area (Å²) in [6.07, 6.45) is 2.14. The van der Waals surface area contributed by atoms with Crippen molar-refractivity contribution in [3.05, 3.63) is 29.0 Å². The molecule has 1 aliphatic heterocycles. The van der Waals surface area contributed by atoms with E-state index in [1.807, 2.05) is 0 Å². The van der Waals surface area contributed by atoms with E-state index in [-0.39, 0.29) is 5.02 Å². The maximum Gasteiger partial charge on any atom is 0.170 e. The number of nitrogens with one attached hydrogen (secondary N) is 2. The van der Waals surface area contributed by atoms with Crippen molar-refractivity contribution in [1.29, 1.82) is 0 Å². The van der Waals surface area contributed by atoms with Crippen LogP contribution in [0.3, 0.4) is 0 Å². The number of thiocarbonyl (C=S) groups is 1. The van der Waals surface area contributed by atoms with E-state index in [0.29, 0.717) is 16.8 Å². The molecule has 2 rings (SSSR count). The van der Waals surface area contributed by atoms with Gasteiger partial charge in [-0.1, -0.05) is 11.6 Å². The first-order valence-corrected chi connectivity index (χ1v) is 7.04. The highest BCUT2D eigenvalue weighted by Crippen LogP contribution is 2.19. The molecule has 0 spiro atoms. The summed E-state index contributed by atoms with van der Waals surface area (Å²) >= 11 is 11.0. The Morgan fingerprint density at radius 1 is 1.42 bits per heavy atom. The van der Waals surface area contributed by atoms with Gasteiger partial charge in [0, 0.05) is 11.7 Å². The topological polar surface area (TPSA) is 27.3 Å². The van der Waals surface area contributed by atoms with Crippen LogP contribution in [0, 0.1) is 5.82 Å². The van der Waals surface area contributed by atoms with Gasteiger partial charge in [-0.2, -0.15) is 0 Å². The first-order valence-electron chi connectivity index (χ1n) is 6.25. The molecule has 0 bridgehead atoms. The van der Waals surface area contributed by atoms with Crippen LogP contribution in [0.15, 0.2) is 18.2 Å². The van der Waals surface area contributed by atoms with Crippen molar-refractivity contribution in [1.82, 2.24) is 10.2 Å². The predicted molar refractivity (Wildman–Crippen MR) is 81.3 cm³/mol. The Morgan fingerprint density at radius 2 is 2.11 bits per heavy atom. The molecule has 0 radical (unpaired) electrons. The Kier molecular flexibility index (Phi) is 4.96. The molecular formula is C13H17ClFN3S. The van der Waals surface area contributed by atoms with Crippen molar-refractivity contribution < 1.29 is 4.39 Å². The van der Waals surface area contributed by atoms with E-state index in [1.165, 1.54) is 12.1 Å². The lowest BCUT2D eigenvalue weighted by Gasteiger charge is -2.30. The Hall–Kier alpha value is -0.910. The summed E-state index contributed by atoms with van der Waals surface area (Å²) < 4.78 is 13.0. The molecule has 0 unspecified atom stereocenters. The summed E-state index contributed by atoms with van der Waals surface area (Å²) in [5.41, 5.74) is 0.692. The molecule has 1 fully saturated rings. The fourth-order valence-corrected chi connectivity index (χ4v) is 2.54. The first kappa shape index (κ1) is 14.5. The first-order chi connectivity index (χ1) is 9.04. The lowest BCUT2D eigenvalue weighted by Crippen LogP contribution is -2.44. The predicted octanol–water partition coefficient (Wildman–Crippen LogP) is 2.86. The number of piperidine rings is 1. The highest BCUT2D eigenvalue weighted by Gasteiger charge is 2.17. The van der Waals surface area contributed by atoms with Gasteiger partial charge in [-0.05, 0) is 63.4 Å². The van der Waals surface area contributed by atoms with Crippen molar-refractivity contribution in [2.45, 2.75) is 18.9 Å². The second-order valence-electron chi connectivity index (χ2n) is 4.80. The number of halogens is 2. The summed E-state index contributed by atoms with van der Waals surface area (Å²) in [7, 11) is 2.12. The molecule has 1 heterocycles. The van der Waals surface area contributed by atoms with E-state index in [1.54, 1.807) is 6.07 Å². The van der Waals surface area contributed by atoms with Gasteiger partial charge < -0.3 is 15.5 Å². The largest absolute Gasteiger partial charge is 0.360 e. The van der Waals surface area contributed by atoms with E-state index in [0.717, 1.165) is 25.9 Å². The van der Waals surface area contributed by atoms with Crippen molar-refractivity contribution in [2.75, 3.05) is 25.5 Å². The van der Waals surface area contributed by atoms with Crippen LogP contribution in [0.1, 0.15) is 12.8 Å². The second-order valence-corrected chi connectivity index (χ2v) is 5.62. The van der Waals surface area contributed by atoms with Gasteiger partial charge in [0.05, 0.1) is 5.02 Å². The van der Waals surface area contributed by atoms with Crippen LogP contribution in [-0.2, 0) is 0 Å². The number of benzene rings is 1. The van der Waals surface area contributed by atoms with E-state index in [9.17, 15) is 4.39 Å². The van der Waals surface area contributed by atoms with Crippen LogP contribution >= 0.6 is 23.8 Å².